The number of aromatic nitrogens is 2. The van der Waals surface area contributed by atoms with E-state index in [1.807, 2.05) is 11.7 Å². The zero-order chi connectivity index (χ0) is 12.5. The van der Waals surface area contributed by atoms with Gasteiger partial charge in [0.1, 0.15) is 0 Å². The van der Waals surface area contributed by atoms with Crippen LogP contribution in [-0.4, -0.2) is 15.8 Å². The van der Waals surface area contributed by atoms with Crippen LogP contribution in [0, 0.1) is 6.92 Å². The molecule has 1 aromatic carbocycles. The summed E-state index contributed by atoms with van der Waals surface area (Å²) in [5, 5.41) is 8.00. The zero-order valence-corrected chi connectivity index (χ0v) is 11.0. The fraction of sp³-hybridized carbons (Fsp3) is 0.400. The van der Waals surface area contributed by atoms with E-state index in [1.54, 1.807) is 0 Å². The molecule has 2 aromatic rings. The van der Waals surface area contributed by atoms with E-state index in [-0.39, 0.29) is 0 Å². The lowest BCUT2D eigenvalue weighted by Gasteiger charge is -2.26. The van der Waals surface area contributed by atoms with Crippen molar-refractivity contribution in [1.82, 2.24) is 9.78 Å². The monoisotopic (exact) mass is 241 g/mol. The first kappa shape index (κ1) is 11.3. The van der Waals surface area contributed by atoms with Crippen molar-refractivity contribution >= 4 is 5.69 Å². The lowest BCUT2D eigenvalue weighted by molar-refractivity contribution is 0.610. The van der Waals surface area contributed by atoms with Crippen LogP contribution in [0.15, 0.2) is 30.5 Å². The first-order chi connectivity index (χ1) is 8.72. The van der Waals surface area contributed by atoms with Crippen LogP contribution < -0.4 is 5.32 Å². The van der Waals surface area contributed by atoms with Gasteiger partial charge >= 0.3 is 0 Å². The van der Waals surface area contributed by atoms with Gasteiger partial charge in [0.05, 0.1) is 11.4 Å². The van der Waals surface area contributed by atoms with Gasteiger partial charge in [-0.3, -0.25) is 4.68 Å². The van der Waals surface area contributed by atoms with Crippen LogP contribution in [0.1, 0.15) is 23.2 Å². The van der Waals surface area contributed by atoms with Crippen molar-refractivity contribution in [2.45, 2.75) is 32.2 Å². The van der Waals surface area contributed by atoms with Crippen molar-refractivity contribution in [3.63, 3.8) is 0 Å². The smallest absolute Gasteiger partial charge is 0.0825 e. The van der Waals surface area contributed by atoms with E-state index in [4.69, 9.17) is 0 Å². The van der Waals surface area contributed by atoms with Gasteiger partial charge in [-0.25, -0.2) is 0 Å². The molecule has 0 bridgehead atoms. The standard InChI is InChI=1S/C15H19N3/c1-11-15(10-18(2)17-11)16-14-8-7-12-5-3-4-6-13(12)9-14/h3-6,10,14,16H,7-9H2,1-2H3. The summed E-state index contributed by atoms with van der Waals surface area (Å²) in [7, 11) is 1.97. The first-order valence-corrected chi connectivity index (χ1v) is 6.56. The maximum Gasteiger partial charge on any atom is 0.0825 e. The third-order valence-corrected chi connectivity index (χ3v) is 3.72. The summed E-state index contributed by atoms with van der Waals surface area (Å²) >= 11 is 0. The van der Waals surface area contributed by atoms with Gasteiger partial charge < -0.3 is 5.32 Å². The molecule has 1 unspecified atom stereocenters. The normalized spacial score (nSPS) is 18.4. The highest BCUT2D eigenvalue weighted by molar-refractivity contribution is 5.47. The molecular weight excluding hydrogens is 222 g/mol. The second kappa shape index (κ2) is 4.48. The highest BCUT2D eigenvalue weighted by Crippen LogP contribution is 2.24. The average molecular weight is 241 g/mol. The van der Waals surface area contributed by atoms with Gasteiger partial charge in [-0.2, -0.15) is 5.10 Å². The molecule has 3 rings (SSSR count). The van der Waals surface area contributed by atoms with Gasteiger partial charge in [-0.15, -0.1) is 0 Å². The summed E-state index contributed by atoms with van der Waals surface area (Å²) in [6.07, 6.45) is 5.55. The van der Waals surface area contributed by atoms with Crippen LogP contribution in [0.2, 0.25) is 0 Å². The van der Waals surface area contributed by atoms with Crippen LogP contribution in [0.5, 0.6) is 0 Å². The third-order valence-electron chi connectivity index (χ3n) is 3.72. The van der Waals surface area contributed by atoms with Gasteiger partial charge in [-0.05, 0) is 37.3 Å². The number of aryl methyl sites for hydroxylation is 3. The van der Waals surface area contributed by atoms with Gasteiger partial charge in [0.15, 0.2) is 0 Å². The largest absolute Gasteiger partial charge is 0.379 e. The summed E-state index contributed by atoms with van der Waals surface area (Å²) < 4.78 is 1.87. The van der Waals surface area contributed by atoms with Crippen LogP contribution in [-0.2, 0) is 19.9 Å². The number of benzene rings is 1. The van der Waals surface area contributed by atoms with Gasteiger partial charge in [-0.1, -0.05) is 24.3 Å². The summed E-state index contributed by atoms with van der Waals surface area (Å²) in [6, 6.07) is 9.30. The van der Waals surface area contributed by atoms with Gasteiger partial charge in [0.25, 0.3) is 0 Å². The van der Waals surface area contributed by atoms with Gasteiger partial charge in [0, 0.05) is 19.3 Å². The molecule has 1 aromatic heterocycles. The molecule has 1 aliphatic rings. The fourth-order valence-corrected chi connectivity index (χ4v) is 2.78. The third kappa shape index (κ3) is 2.13. The zero-order valence-electron chi connectivity index (χ0n) is 11.0. The maximum atomic E-state index is 4.38. The Bertz CT molecular complexity index is 557. The molecule has 0 spiro atoms. The van der Waals surface area contributed by atoms with Crippen molar-refractivity contribution in [3.05, 3.63) is 47.3 Å². The highest BCUT2D eigenvalue weighted by Gasteiger charge is 2.18. The highest BCUT2D eigenvalue weighted by atomic mass is 15.3. The van der Waals surface area contributed by atoms with E-state index in [9.17, 15) is 0 Å². The number of fused-ring (bicyclic) bond motifs is 1. The van der Waals surface area contributed by atoms with E-state index in [0.717, 1.165) is 12.1 Å². The SMILES string of the molecule is Cc1nn(C)cc1NC1CCc2ccccc2C1. The average Bonchev–Trinajstić information content (AvgIpc) is 2.68. The summed E-state index contributed by atoms with van der Waals surface area (Å²) in [6.45, 7) is 2.05. The van der Waals surface area contributed by atoms with Gasteiger partial charge in [0.2, 0.25) is 0 Å². The minimum Gasteiger partial charge on any atom is -0.379 e. The molecule has 0 aliphatic heterocycles. The van der Waals surface area contributed by atoms with Crippen molar-refractivity contribution in [3.8, 4) is 0 Å². The minimum absolute atomic E-state index is 0.530. The van der Waals surface area contributed by atoms with Crippen LogP contribution >= 0.6 is 0 Å². The topological polar surface area (TPSA) is 29.9 Å². The Morgan fingerprint density at radius 3 is 2.78 bits per heavy atom. The van der Waals surface area contributed by atoms with E-state index in [1.165, 1.54) is 29.7 Å². The lowest BCUT2D eigenvalue weighted by atomic mass is 9.88. The molecule has 1 aliphatic carbocycles. The predicted molar refractivity (Wildman–Crippen MR) is 73.8 cm³/mol. The summed E-state index contributed by atoms with van der Waals surface area (Å²) in [5.74, 6) is 0. The molecule has 1 N–H and O–H groups in total. The Balaban J connectivity index is 1.75. The molecule has 0 radical (unpaired) electrons. The molecule has 94 valence electrons. The predicted octanol–water partition coefficient (Wildman–Crippen LogP) is 2.70. The van der Waals surface area contributed by atoms with E-state index < -0.39 is 0 Å². The number of rotatable bonds is 2. The fourth-order valence-electron chi connectivity index (χ4n) is 2.78. The molecule has 0 saturated heterocycles. The maximum absolute atomic E-state index is 4.38. The van der Waals surface area contributed by atoms with Crippen LogP contribution in [0.25, 0.3) is 0 Å². The Morgan fingerprint density at radius 1 is 1.28 bits per heavy atom. The molecule has 3 heteroatoms. The molecule has 18 heavy (non-hydrogen) atoms. The van der Waals surface area contributed by atoms with E-state index in [0.29, 0.717) is 6.04 Å². The van der Waals surface area contributed by atoms with Crippen LogP contribution in [0.4, 0.5) is 5.69 Å². The number of anilines is 1. The number of hydrogen-bond donors (Lipinski definition) is 1. The van der Waals surface area contributed by atoms with Crippen molar-refractivity contribution < 1.29 is 0 Å². The van der Waals surface area contributed by atoms with Crippen molar-refractivity contribution in [2.24, 2.45) is 7.05 Å². The minimum atomic E-state index is 0.530. The molecule has 1 heterocycles. The Morgan fingerprint density at radius 2 is 2.06 bits per heavy atom. The second-order valence-corrected chi connectivity index (χ2v) is 5.15. The number of nitrogens with zero attached hydrogens (tertiary/aromatic N) is 2. The Hall–Kier alpha value is -1.77. The van der Waals surface area contributed by atoms with Crippen molar-refractivity contribution in [2.75, 3.05) is 5.32 Å². The molecule has 3 nitrogen and oxygen atoms in total. The Labute approximate surface area is 108 Å². The second-order valence-electron chi connectivity index (χ2n) is 5.15. The van der Waals surface area contributed by atoms with E-state index >= 15 is 0 Å². The first-order valence-electron chi connectivity index (χ1n) is 6.56. The lowest BCUT2D eigenvalue weighted by Crippen LogP contribution is -2.27. The molecule has 1 atom stereocenters. The number of hydrogen-bond acceptors (Lipinski definition) is 2. The molecule has 0 amide bonds. The van der Waals surface area contributed by atoms with E-state index in [2.05, 4.69) is 47.8 Å². The quantitative estimate of drug-likeness (QED) is 0.876. The summed E-state index contributed by atoms with van der Waals surface area (Å²) in [5.41, 5.74) is 5.25. The molecule has 0 saturated carbocycles. The molecule has 0 fully saturated rings. The van der Waals surface area contributed by atoms with Crippen molar-refractivity contribution in [1.29, 1.82) is 0 Å². The summed E-state index contributed by atoms with van der Waals surface area (Å²) in [4.78, 5) is 0. The van der Waals surface area contributed by atoms with Crippen LogP contribution in [0.3, 0.4) is 0 Å². The molecular formula is C15H19N3. The Kier molecular flexibility index (Phi) is 2.82. The number of nitrogens with one attached hydrogen (secondary N) is 1.